The minimum atomic E-state index is -0.638. The standard InChI is InChI=1S/C20H20N2O4S/c1-13(26-15-7-5-4-6-8-15)19(23)22-20-21-16(12-27-20)14-9-10-17(24-2)18(11-14)25-3/h4-13H,1-3H3,(H,21,22,23). The Morgan fingerprint density at radius 2 is 1.81 bits per heavy atom. The number of anilines is 1. The van der Waals surface area contributed by atoms with Crippen LogP contribution in [-0.4, -0.2) is 31.2 Å². The average molecular weight is 384 g/mol. The summed E-state index contributed by atoms with van der Waals surface area (Å²) < 4.78 is 16.2. The molecule has 3 aromatic rings. The zero-order valence-electron chi connectivity index (χ0n) is 15.3. The van der Waals surface area contributed by atoms with E-state index in [1.165, 1.54) is 11.3 Å². The minimum absolute atomic E-state index is 0.257. The lowest BCUT2D eigenvalue weighted by molar-refractivity contribution is -0.122. The Labute approximate surface area is 161 Å². The third-order valence-electron chi connectivity index (χ3n) is 3.84. The molecule has 0 aliphatic carbocycles. The predicted octanol–water partition coefficient (Wildman–Crippen LogP) is 4.23. The highest BCUT2D eigenvalue weighted by Crippen LogP contribution is 2.33. The fraction of sp³-hybridized carbons (Fsp3) is 0.200. The van der Waals surface area contributed by atoms with Crippen LogP contribution in [0.1, 0.15) is 6.92 Å². The lowest BCUT2D eigenvalue weighted by Crippen LogP contribution is -2.30. The van der Waals surface area contributed by atoms with E-state index in [0.29, 0.717) is 22.4 Å². The molecule has 140 valence electrons. The highest BCUT2D eigenvalue weighted by atomic mass is 32.1. The van der Waals surface area contributed by atoms with Crippen molar-refractivity contribution in [2.24, 2.45) is 0 Å². The van der Waals surface area contributed by atoms with Gasteiger partial charge in [0.25, 0.3) is 5.91 Å². The van der Waals surface area contributed by atoms with Crippen LogP contribution in [0, 0.1) is 0 Å². The number of carbonyl (C=O) groups is 1. The number of benzene rings is 2. The van der Waals surface area contributed by atoms with Crippen molar-refractivity contribution >= 4 is 22.4 Å². The van der Waals surface area contributed by atoms with E-state index >= 15 is 0 Å². The quantitative estimate of drug-likeness (QED) is 0.660. The summed E-state index contributed by atoms with van der Waals surface area (Å²) in [5.41, 5.74) is 1.62. The summed E-state index contributed by atoms with van der Waals surface area (Å²) >= 11 is 1.35. The first-order chi connectivity index (χ1) is 13.1. The summed E-state index contributed by atoms with van der Waals surface area (Å²) in [7, 11) is 3.18. The van der Waals surface area contributed by atoms with Crippen LogP contribution in [0.4, 0.5) is 5.13 Å². The lowest BCUT2D eigenvalue weighted by atomic mass is 10.1. The van der Waals surface area contributed by atoms with E-state index in [1.54, 1.807) is 21.1 Å². The second kappa shape index (κ2) is 8.55. The van der Waals surface area contributed by atoms with Crippen molar-refractivity contribution in [3.63, 3.8) is 0 Å². The summed E-state index contributed by atoms with van der Waals surface area (Å²) in [5, 5.41) is 5.17. The molecule has 1 heterocycles. The van der Waals surface area contributed by atoms with Crippen LogP contribution >= 0.6 is 11.3 Å². The van der Waals surface area contributed by atoms with Gasteiger partial charge in [-0.25, -0.2) is 4.98 Å². The van der Waals surface area contributed by atoms with Gasteiger partial charge in [0.05, 0.1) is 19.9 Å². The molecule has 27 heavy (non-hydrogen) atoms. The van der Waals surface area contributed by atoms with E-state index < -0.39 is 6.10 Å². The van der Waals surface area contributed by atoms with Gasteiger partial charge in [0, 0.05) is 10.9 Å². The fourth-order valence-corrected chi connectivity index (χ4v) is 3.15. The van der Waals surface area contributed by atoms with Crippen molar-refractivity contribution in [2.75, 3.05) is 19.5 Å². The molecule has 2 aromatic carbocycles. The number of carbonyl (C=O) groups excluding carboxylic acids is 1. The van der Waals surface area contributed by atoms with Crippen molar-refractivity contribution in [3.8, 4) is 28.5 Å². The number of rotatable bonds is 7. The number of ether oxygens (including phenoxy) is 3. The third kappa shape index (κ3) is 4.57. The summed E-state index contributed by atoms with van der Waals surface area (Å²) in [5.74, 6) is 1.66. The van der Waals surface area contributed by atoms with Gasteiger partial charge in [-0.1, -0.05) is 18.2 Å². The molecule has 1 aromatic heterocycles. The topological polar surface area (TPSA) is 69.7 Å². The molecule has 1 amide bonds. The molecule has 3 rings (SSSR count). The normalized spacial score (nSPS) is 11.5. The molecule has 0 bridgehead atoms. The van der Waals surface area contributed by atoms with Gasteiger partial charge in [-0.2, -0.15) is 0 Å². The summed E-state index contributed by atoms with van der Waals surface area (Å²) in [4.78, 5) is 16.8. The van der Waals surface area contributed by atoms with E-state index in [-0.39, 0.29) is 5.91 Å². The van der Waals surface area contributed by atoms with Gasteiger partial charge in [0.1, 0.15) is 5.75 Å². The molecule has 0 aliphatic heterocycles. The summed E-state index contributed by atoms with van der Waals surface area (Å²) in [6.07, 6.45) is -0.638. The van der Waals surface area contributed by atoms with Crippen molar-refractivity contribution in [1.82, 2.24) is 4.98 Å². The largest absolute Gasteiger partial charge is 0.493 e. The number of nitrogens with one attached hydrogen (secondary N) is 1. The van der Waals surface area contributed by atoms with Crippen LogP contribution in [0.5, 0.6) is 17.2 Å². The van der Waals surface area contributed by atoms with Crippen LogP contribution < -0.4 is 19.5 Å². The van der Waals surface area contributed by atoms with Gasteiger partial charge >= 0.3 is 0 Å². The molecular weight excluding hydrogens is 364 g/mol. The maximum Gasteiger partial charge on any atom is 0.266 e. The smallest absolute Gasteiger partial charge is 0.266 e. The van der Waals surface area contributed by atoms with Crippen LogP contribution in [0.15, 0.2) is 53.9 Å². The molecule has 0 aliphatic rings. The van der Waals surface area contributed by atoms with Crippen molar-refractivity contribution in [1.29, 1.82) is 0 Å². The summed E-state index contributed by atoms with van der Waals surface area (Å²) in [6.45, 7) is 1.70. The first kappa shape index (κ1) is 18.7. The molecule has 0 saturated carbocycles. The predicted molar refractivity (Wildman–Crippen MR) is 106 cm³/mol. The number of hydrogen-bond acceptors (Lipinski definition) is 6. The second-order valence-electron chi connectivity index (χ2n) is 5.67. The van der Waals surface area contributed by atoms with Crippen molar-refractivity contribution in [3.05, 3.63) is 53.9 Å². The van der Waals surface area contributed by atoms with E-state index in [0.717, 1.165) is 11.3 Å². The van der Waals surface area contributed by atoms with Gasteiger partial charge in [0.2, 0.25) is 0 Å². The molecule has 0 spiro atoms. The van der Waals surface area contributed by atoms with E-state index in [2.05, 4.69) is 10.3 Å². The molecule has 1 atom stereocenters. The monoisotopic (exact) mass is 384 g/mol. The third-order valence-corrected chi connectivity index (χ3v) is 4.60. The van der Waals surface area contributed by atoms with Crippen LogP contribution in [0.25, 0.3) is 11.3 Å². The molecule has 0 saturated heterocycles. The Bertz CT molecular complexity index is 911. The average Bonchev–Trinajstić information content (AvgIpc) is 3.16. The Balaban J connectivity index is 1.68. The first-order valence-electron chi connectivity index (χ1n) is 8.31. The zero-order chi connectivity index (χ0) is 19.2. The van der Waals surface area contributed by atoms with Crippen molar-refractivity contribution in [2.45, 2.75) is 13.0 Å². The second-order valence-corrected chi connectivity index (χ2v) is 6.53. The van der Waals surface area contributed by atoms with E-state index in [1.807, 2.05) is 53.9 Å². The number of para-hydroxylation sites is 1. The van der Waals surface area contributed by atoms with Gasteiger partial charge in [-0.15, -0.1) is 11.3 Å². The number of nitrogens with zero attached hydrogens (tertiary/aromatic N) is 1. The molecule has 1 N–H and O–H groups in total. The molecule has 6 nitrogen and oxygen atoms in total. The molecule has 7 heteroatoms. The number of hydrogen-bond donors (Lipinski definition) is 1. The number of aromatic nitrogens is 1. The maximum atomic E-state index is 12.3. The molecular formula is C20H20N2O4S. The number of amides is 1. The Morgan fingerprint density at radius 1 is 1.07 bits per heavy atom. The maximum absolute atomic E-state index is 12.3. The number of methoxy groups -OCH3 is 2. The zero-order valence-corrected chi connectivity index (χ0v) is 16.1. The Morgan fingerprint density at radius 3 is 2.52 bits per heavy atom. The summed E-state index contributed by atoms with van der Waals surface area (Å²) in [6, 6.07) is 14.8. The SMILES string of the molecule is COc1ccc(-c2csc(NC(=O)C(C)Oc3ccccc3)n2)cc1OC. The van der Waals surface area contributed by atoms with E-state index in [9.17, 15) is 4.79 Å². The Kier molecular flexibility index (Phi) is 5.93. The van der Waals surface area contributed by atoms with E-state index in [4.69, 9.17) is 14.2 Å². The van der Waals surface area contributed by atoms with Gasteiger partial charge in [-0.3, -0.25) is 10.1 Å². The highest BCUT2D eigenvalue weighted by Gasteiger charge is 2.17. The van der Waals surface area contributed by atoms with Gasteiger partial charge in [-0.05, 0) is 37.3 Å². The molecule has 0 fully saturated rings. The van der Waals surface area contributed by atoms with Crippen LogP contribution in [0.2, 0.25) is 0 Å². The van der Waals surface area contributed by atoms with Crippen LogP contribution in [0.3, 0.4) is 0 Å². The lowest BCUT2D eigenvalue weighted by Gasteiger charge is -2.13. The first-order valence-corrected chi connectivity index (χ1v) is 9.19. The Hall–Kier alpha value is -3.06. The molecule has 0 radical (unpaired) electrons. The van der Waals surface area contributed by atoms with Gasteiger partial charge < -0.3 is 14.2 Å². The minimum Gasteiger partial charge on any atom is -0.493 e. The number of thiazole rings is 1. The van der Waals surface area contributed by atoms with Crippen LogP contribution in [-0.2, 0) is 4.79 Å². The molecule has 1 unspecified atom stereocenters. The van der Waals surface area contributed by atoms with Gasteiger partial charge in [0.15, 0.2) is 22.7 Å². The fourth-order valence-electron chi connectivity index (χ4n) is 2.42. The highest BCUT2D eigenvalue weighted by molar-refractivity contribution is 7.14. The van der Waals surface area contributed by atoms with Crippen molar-refractivity contribution < 1.29 is 19.0 Å².